The van der Waals surface area contributed by atoms with E-state index in [9.17, 15) is 0 Å². The molecule has 1 aliphatic rings. The SMILES string of the molecule is NCCC1(c2cnc3ccccc3c2)CCC1. The summed E-state index contributed by atoms with van der Waals surface area (Å²) in [5, 5.41) is 1.24. The molecule has 1 aromatic carbocycles. The van der Waals surface area contributed by atoms with Gasteiger partial charge in [-0.3, -0.25) is 4.98 Å². The molecule has 0 bridgehead atoms. The Morgan fingerprint density at radius 1 is 1.24 bits per heavy atom. The Hall–Kier alpha value is -1.41. The van der Waals surface area contributed by atoms with E-state index >= 15 is 0 Å². The molecule has 0 amide bonds. The fourth-order valence-corrected chi connectivity index (χ4v) is 2.92. The van der Waals surface area contributed by atoms with Crippen LogP contribution in [0.4, 0.5) is 0 Å². The number of pyridine rings is 1. The van der Waals surface area contributed by atoms with Crippen molar-refractivity contribution in [3.63, 3.8) is 0 Å². The molecule has 0 spiro atoms. The van der Waals surface area contributed by atoms with Crippen LogP contribution in [0, 0.1) is 0 Å². The number of fused-ring (bicyclic) bond motifs is 1. The molecule has 1 saturated carbocycles. The number of nitrogens with two attached hydrogens (primary N) is 1. The Kier molecular flexibility index (Phi) is 2.60. The molecule has 2 aromatic rings. The molecule has 1 aromatic heterocycles. The summed E-state index contributed by atoms with van der Waals surface area (Å²) in [4.78, 5) is 4.57. The normalized spacial score (nSPS) is 17.9. The van der Waals surface area contributed by atoms with E-state index in [0.717, 1.165) is 18.5 Å². The molecule has 1 heterocycles. The Morgan fingerprint density at radius 2 is 2.06 bits per heavy atom. The van der Waals surface area contributed by atoms with Crippen molar-refractivity contribution < 1.29 is 0 Å². The van der Waals surface area contributed by atoms with Gasteiger partial charge in [-0.05, 0) is 48.9 Å². The van der Waals surface area contributed by atoms with Crippen LogP contribution in [0.15, 0.2) is 36.5 Å². The van der Waals surface area contributed by atoms with Crippen molar-refractivity contribution in [3.8, 4) is 0 Å². The predicted molar refractivity (Wildman–Crippen MR) is 70.9 cm³/mol. The Labute approximate surface area is 102 Å². The van der Waals surface area contributed by atoms with Gasteiger partial charge >= 0.3 is 0 Å². The van der Waals surface area contributed by atoms with Crippen molar-refractivity contribution in [2.75, 3.05) is 6.54 Å². The number of hydrogen-bond donors (Lipinski definition) is 1. The molecule has 0 unspecified atom stereocenters. The lowest BCUT2D eigenvalue weighted by atomic mass is 9.63. The number of aromatic nitrogens is 1. The van der Waals surface area contributed by atoms with Crippen LogP contribution in [-0.4, -0.2) is 11.5 Å². The van der Waals surface area contributed by atoms with Crippen LogP contribution in [0.25, 0.3) is 10.9 Å². The lowest BCUT2D eigenvalue weighted by Gasteiger charge is -2.42. The molecule has 2 nitrogen and oxygen atoms in total. The van der Waals surface area contributed by atoms with E-state index in [1.807, 2.05) is 6.07 Å². The summed E-state index contributed by atoms with van der Waals surface area (Å²) >= 11 is 0. The predicted octanol–water partition coefficient (Wildman–Crippen LogP) is 3.01. The molecular formula is C15H18N2. The van der Waals surface area contributed by atoms with Gasteiger partial charge in [-0.2, -0.15) is 0 Å². The van der Waals surface area contributed by atoms with Crippen molar-refractivity contribution in [1.82, 2.24) is 4.98 Å². The smallest absolute Gasteiger partial charge is 0.0702 e. The molecular weight excluding hydrogens is 208 g/mol. The fourth-order valence-electron chi connectivity index (χ4n) is 2.92. The maximum atomic E-state index is 5.75. The second kappa shape index (κ2) is 4.11. The zero-order chi connectivity index (χ0) is 11.7. The third kappa shape index (κ3) is 1.73. The third-order valence-electron chi connectivity index (χ3n) is 4.14. The Morgan fingerprint density at radius 3 is 2.76 bits per heavy atom. The van der Waals surface area contributed by atoms with Gasteiger partial charge < -0.3 is 5.73 Å². The van der Waals surface area contributed by atoms with E-state index in [1.165, 1.54) is 30.2 Å². The molecule has 17 heavy (non-hydrogen) atoms. The van der Waals surface area contributed by atoms with Crippen molar-refractivity contribution in [3.05, 3.63) is 42.1 Å². The third-order valence-corrected chi connectivity index (χ3v) is 4.14. The lowest BCUT2D eigenvalue weighted by Crippen LogP contribution is -2.36. The van der Waals surface area contributed by atoms with Gasteiger partial charge in [0.05, 0.1) is 5.52 Å². The molecule has 0 atom stereocenters. The highest BCUT2D eigenvalue weighted by molar-refractivity contribution is 5.79. The van der Waals surface area contributed by atoms with E-state index < -0.39 is 0 Å². The average molecular weight is 226 g/mol. The summed E-state index contributed by atoms with van der Waals surface area (Å²) in [6.45, 7) is 0.771. The first kappa shape index (κ1) is 10.7. The van der Waals surface area contributed by atoms with Gasteiger partial charge in [-0.15, -0.1) is 0 Å². The Balaban J connectivity index is 2.05. The highest BCUT2D eigenvalue weighted by Gasteiger charge is 2.37. The monoisotopic (exact) mass is 226 g/mol. The zero-order valence-electron chi connectivity index (χ0n) is 10.0. The molecule has 0 saturated heterocycles. The molecule has 0 aliphatic heterocycles. The summed E-state index contributed by atoms with van der Waals surface area (Å²) in [6.07, 6.45) is 7.01. The van der Waals surface area contributed by atoms with Crippen molar-refractivity contribution in [2.45, 2.75) is 31.1 Å². The van der Waals surface area contributed by atoms with Crippen LogP contribution in [0.1, 0.15) is 31.2 Å². The number of para-hydroxylation sites is 1. The first-order chi connectivity index (χ1) is 8.34. The van der Waals surface area contributed by atoms with Crippen LogP contribution in [-0.2, 0) is 5.41 Å². The number of nitrogens with zero attached hydrogens (tertiary/aromatic N) is 1. The molecule has 2 N–H and O–H groups in total. The van der Waals surface area contributed by atoms with E-state index in [2.05, 4.69) is 35.4 Å². The van der Waals surface area contributed by atoms with Gasteiger partial charge in [0.1, 0.15) is 0 Å². The lowest BCUT2D eigenvalue weighted by molar-refractivity contribution is 0.229. The number of benzene rings is 1. The van der Waals surface area contributed by atoms with Crippen LogP contribution in [0.2, 0.25) is 0 Å². The van der Waals surface area contributed by atoms with Crippen LogP contribution >= 0.6 is 0 Å². The van der Waals surface area contributed by atoms with E-state index in [4.69, 9.17) is 5.73 Å². The van der Waals surface area contributed by atoms with Crippen LogP contribution < -0.4 is 5.73 Å². The van der Waals surface area contributed by atoms with Crippen molar-refractivity contribution in [1.29, 1.82) is 0 Å². The van der Waals surface area contributed by atoms with Crippen molar-refractivity contribution >= 4 is 10.9 Å². The summed E-state index contributed by atoms with van der Waals surface area (Å²) < 4.78 is 0. The van der Waals surface area contributed by atoms with Gasteiger partial charge in [0, 0.05) is 11.6 Å². The first-order valence-electron chi connectivity index (χ1n) is 6.39. The van der Waals surface area contributed by atoms with Gasteiger partial charge in [0.15, 0.2) is 0 Å². The average Bonchev–Trinajstić information content (AvgIpc) is 2.33. The minimum absolute atomic E-state index is 0.325. The fraction of sp³-hybridized carbons (Fsp3) is 0.400. The maximum absolute atomic E-state index is 5.75. The van der Waals surface area contributed by atoms with E-state index in [0.29, 0.717) is 5.41 Å². The van der Waals surface area contributed by atoms with E-state index in [1.54, 1.807) is 0 Å². The summed E-state index contributed by atoms with van der Waals surface area (Å²) in [6, 6.07) is 10.6. The molecule has 0 radical (unpaired) electrons. The Bertz CT molecular complexity index is 529. The quantitative estimate of drug-likeness (QED) is 0.873. The molecule has 88 valence electrons. The molecule has 1 aliphatic carbocycles. The van der Waals surface area contributed by atoms with Gasteiger partial charge in [0.25, 0.3) is 0 Å². The highest BCUT2D eigenvalue weighted by Crippen LogP contribution is 2.46. The van der Waals surface area contributed by atoms with Gasteiger partial charge in [0.2, 0.25) is 0 Å². The minimum Gasteiger partial charge on any atom is -0.330 e. The summed E-state index contributed by atoms with van der Waals surface area (Å²) in [5.74, 6) is 0. The standard InChI is InChI=1S/C15H18N2/c16-9-8-15(6-3-7-15)13-10-12-4-1-2-5-14(12)17-11-13/h1-2,4-5,10-11H,3,6-9,16H2. The topological polar surface area (TPSA) is 38.9 Å². The van der Waals surface area contributed by atoms with Crippen LogP contribution in [0.5, 0.6) is 0 Å². The van der Waals surface area contributed by atoms with Gasteiger partial charge in [-0.25, -0.2) is 0 Å². The maximum Gasteiger partial charge on any atom is 0.0702 e. The number of rotatable bonds is 3. The molecule has 1 fully saturated rings. The molecule has 3 rings (SSSR count). The summed E-state index contributed by atoms with van der Waals surface area (Å²) in [7, 11) is 0. The molecule has 2 heteroatoms. The highest BCUT2D eigenvalue weighted by atomic mass is 14.7. The van der Waals surface area contributed by atoms with E-state index in [-0.39, 0.29) is 0 Å². The second-order valence-electron chi connectivity index (χ2n) is 5.09. The number of hydrogen-bond acceptors (Lipinski definition) is 2. The second-order valence-corrected chi connectivity index (χ2v) is 5.09. The van der Waals surface area contributed by atoms with Crippen molar-refractivity contribution in [2.24, 2.45) is 5.73 Å². The largest absolute Gasteiger partial charge is 0.330 e. The van der Waals surface area contributed by atoms with Crippen LogP contribution in [0.3, 0.4) is 0 Å². The van der Waals surface area contributed by atoms with Gasteiger partial charge in [-0.1, -0.05) is 24.6 Å². The summed E-state index contributed by atoms with van der Waals surface area (Å²) in [5.41, 5.74) is 8.54. The zero-order valence-corrected chi connectivity index (χ0v) is 10.0. The minimum atomic E-state index is 0.325. The first-order valence-corrected chi connectivity index (χ1v) is 6.39.